The van der Waals surface area contributed by atoms with Crippen molar-refractivity contribution in [1.82, 2.24) is 19.7 Å². The lowest BCUT2D eigenvalue weighted by molar-refractivity contribution is 0.0818. The number of nitrogens with zero attached hydrogens (tertiary/aromatic N) is 4. The van der Waals surface area contributed by atoms with Gasteiger partial charge >= 0.3 is 0 Å². The Kier molecular flexibility index (Phi) is 6.40. The highest BCUT2D eigenvalue weighted by Gasteiger charge is 2.41. The molecule has 1 saturated carbocycles. The second-order valence-electron chi connectivity index (χ2n) is 9.78. The van der Waals surface area contributed by atoms with Gasteiger partial charge in [-0.25, -0.2) is 4.98 Å². The van der Waals surface area contributed by atoms with E-state index < -0.39 is 10.9 Å². The van der Waals surface area contributed by atoms with Crippen LogP contribution in [-0.4, -0.2) is 46.8 Å². The van der Waals surface area contributed by atoms with E-state index in [1.807, 2.05) is 20.2 Å². The molecule has 0 spiro atoms. The Hall–Kier alpha value is -3.69. The highest BCUT2D eigenvalue weighted by molar-refractivity contribution is 5.97. The van der Waals surface area contributed by atoms with Crippen LogP contribution >= 0.6 is 0 Å². The number of ether oxygens (including phenoxy) is 1. The maximum Gasteiger partial charge on any atom is 0.275 e. The Balaban J connectivity index is 1.72. The quantitative estimate of drug-likeness (QED) is 0.473. The van der Waals surface area contributed by atoms with Crippen LogP contribution in [0.3, 0.4) is 0 Å². The standard InChI is InChI=1S/C25H32N6O4/c1-14-13-31(5)29-16(14)23(25(2)10-7-8-11-25)28-18-17(20(32)21(18)33)27-15-9-12-26-19(22(15)35-6)24(34)30(3)4/h9,12-13,23,28H,7-8,10-11H2,1-6H3,(H,26,27)/t23-/m0/s1. The lowest BCUT2D eigenvalue weighted by Crippen LogP contribution is -2.40. The number of nitrogens with one attached hydrogen (secondary N) is 2. The smallest absolute Gasteiger partial charge is 0.275 e. The minimum Gasteiger partial charge on any atom is -0.492 e. The first-order chi connectivity index (χ1) is 16.6. The molecule has 3 aromatic rings. The van der Waals surface area contributed by atoms with Gasteiger partial charge in [0.25, 0.3) is 16.8 Å². The summed E-state index contributed by atoms with van der Waals surface area (Å²) in [5.41, 5.74) is 1.42. The van der Waals surface area contributed by atoms with Crippen molar-refractivity contribution in [1.29, 1.82) is 0 Å². The van der Waals surface area contributed by atoms with Gasteiger partial charge in [0, 0.05) is 33.5 Å². The Morgan fingerprint density at radius 3 is 2.43 bits per heavy atom. The monoisotopic (exact) mass is 480 g/mol. The lowest BCUT2D eigenvalue weighted by Gasteiger charge is -2.35. The summed E-state index contributed by atoms with van der Waals surface area (Å²) in [6, 6.07) is 1.37. The summed E-state index contributed by atoms with van der Waals surface area (Å²) in [6.45, 7) is 4.21. The van der Waals surface area contributed by atoms with Crippen molar-refractivity contribution >= 4 is 23.0 Å². The van der Waals surface area contributed by atoms with E-state index in [1.165, 1.54) is 18.2 Å². The van der Waals surface area contributed by atoms with Crippen LogP contribution in [0.5, 0.6) is 5.75 Å². The summed E-state index contributed by atoms with van der Waals surface area (Å²) in [7, 11) is 6.53. The van der Waals surface area contributed by atoms with Crippen molar-refractivity contribution in [2.45, 2.75) is 45.6 Å². The summed E-state index contributed by atoms with van der Waals surface area (Å²) in [5.74, 6) is -0.140. The van der Waals surface area contributed by atoms with E-state index in [4.69, 9.17) is 4.74 Å². The van der Waals surface area contributed by atoms with Gasteiger partial charge in [0.15, 0.2) is 11.4 Å². The van der Waals surface area contributed by atoms with E-state index >= 15 is 0 Å². The topological polar surface area (TPSA) is 118 Å². The molecule has 4 rings (SSSR count). The third-order valence-electron chi connectivity index (χ3n) is 6.94. The SMILES string of the molecule is COc1c(Nc2c(N[C@@H](c3nn(C)cc3C)C3(C)CCCC3)c(=O)c2=O)ccnc1C(=O)N(C)C. The largest absolute Gasteiger partial charge is 0.492 e. The minimum atomic E-state index is -0.625. The Labute approximate surface area is 204 Å². The van der Waals surface area contributed by atoms with Crippen molar-refractivity contribution in [2.24, 2.45) is 12.5 Å². The normalized spacial score (nSPS) is 15.7. The van der Waals surface area contributed by atoms with Crippen molar-refractivity contribution in [3.63, 3.8) is 0 Å². The first kappa shape index (κ1) is 24.4. The fourth-order valence-corrected chi connectivity index (χ4v) is 5.00. The fraction of sp³-hybridized carbons (Fsp3) is 0.480. The van der Waals surface area contributed by atoms with Gasteiger partial charge in [0.05, 0.1) is 24.5 Å². The van der Waals surface area contributed by atoms with Crippen LogP contribution in [0.2, 0.25) is 0 Å². The predicted molar refractivity (Wildman–Crippen MR) is 134 cm³/mol. The zero-order valence-electron chi connectivity index (χ0n) is 21.1. The van der Waals surface area contributed by atoms with E-state index in [-0.39, 0.29) is 40.2 Å². The molecule has 0 saturated heterocycles. The molecular formula is C25H32N6O4. The number of hydrogen-bond donors (Lipinski definition) is 2. The summed E-state index contributed by atoms with van der Waals surface area (Å²) >= 11 is 0. The Morgan fingerprint density at radius 1 is 1.20 bits per heavy atom. The third kappa shape index (κ3) is 4.28. The molecule has 186 valence electrons. The van der Waals surface area contributed by atoms with Crippen molar-refractivity contribution in [3.05, 3.63) is 55.9 Å². The molecule has 1 fully saturated rings. The number of anilines is 3. The first-order valence-electron chi connectivity index (χ1n) is 11.7. The van der Waals surface area contributed by atoms with Gasteiger partial charge in [-0.2, -0.15) is 5.10 Å². The van der Waals surface area contributed by atoms with Gasteiger partial charge in [0.1, 0.15) is 11.4 Å². The van der Waals surface area contributed by atoms with Crippen molar-refractivity contribution in [3.8, 4) is 5.75 Å². The number of hydrogen-bond acceptors (Lipinski definition) is 8. The van der Waals surface area contributed by atoms with Crippen LogP contribution in [0.25, 0.3) is 0 Å². The zero-order chi connectivity index (χ0) is 25.5. The van der Waals surface area contributed by atoms with Gasteiger partial charge < -0.3 is 20.3 Å². The van der Waals surface area contributed by atoms with E-state index in [0.29, 0.717) is 5.69 Å². The number of aryl methyl sites for hydroxylation is 2. The van der Waals surface area contributed by atoms with Gasteiger partial charge in [-0.1, -0.05) is 19.8 Å². The maximum absolute atomic E-state index is 12.7. The molecule has 0 radical (unpaired) electrons. The van der Waals surface area contributed by atoms with Crippen molar-refractivity contribution in [2.75, 3.05) is 31.8 Å². The molecule has 1 aliphatic rings. The number of methoxy groups -OCH3 is 1. The van der Waals surface area contributed by atoms with E-state index in [9.17, 15) is 14.4 Å². The average Bonchev–Trinajstić information content (AvgIpc) is 3.42. The Bertz CT molecular complexity index is 1330. The summed E-state index contributed by atoms with van der Waals surface area (Å²) in [4.78, 5) is 43.4. The number of pyridine rings is 1. The van der Waals surface area contributed by atoms with Crippen LogP contribution in [0.15, 0.2) is 28.0 Å². The minimum absolute atomic E-state index is 0.108. The molecule has 0 aliphatic heterocycles. The molecule has 2 heterocycles. The molecule has 10 nitrogen and oxygen atoms in total. The maximum atomic E-state index is 12.7. The van der Waals surface area contributed by atoms with Crippen LogP contribution in [0.4, 0.5) is 17.1 Å². The summed E-state index contributed by atoms with van der Waals surface area (Å²) in [6.07, 6.45) is 7.61. The second kappa shape index (κ2) is 9.16. The number of amides is 1. The molecular weight excluding hydrogens is 448 g/mol. The lowest BCUT2D eigenvalue weighted by atomic mass is 9.78. The highest BCUT2D eigenvalue weighted by Crippen LogP contribution is 2.49. The summed E-state index contributed by atoms with van der Waals surface area (Å²) < 4.78 is 7.22. The number of aromatic nitrogens is 3. The van der Waals surface area contributed by atoms with E-state index in [0.717, 1.165) is 36.9 Å². The van der Waals surface area contributed by atoms with Gasteiger partial charge in [-0.3, -0.25) is 19.1 Å². The van der Waals surface area contributed by atoms with E-state index in [2.05, 4.69) is 27.6 Å². The van der Waals surface area contributed by atoms with E-state index in [1.54, 1.807) is 24.8 Å². The summed E-state index contributed by atoms with van der Waals surface area (Å²) in [5, 5.41) is 11.1. The van der Waals surface area contributed by atoms with Gasteiger partial charge in [-0.15, -0.1) is 0 Å². The highest BCUT2D eigenvalue weighted by atomic mass is 16.5. The third-order valence-corrected chi connectivity index (χ3v) is 6.94. The molecule has 2 N–H and O–H groups in total. The molecule has 1 aromatic carbocycles. The average molecular weight is 481 g/mol. The molecule has 10 heteroatoms. The van der Waals surface area contributed by atoms with Gasteiger partial charge in [-0.05, 0) is 36.8 Å². The number of carbonyl (C=O) groups excluding carboxylic acids is 1. The number of rotatable bonds is 8. The Morgan fingerprint density at radius 2 is 1.86 bits per heavy atom. The fourth-order valence-electron chi connectivity index (χ4n) is 5.00. The number of carbonyl (C=O) groups is 1. The van der Waals surface area contributed by atoms with Crippen LogP contribution in [0.1, 0.15) is 60.4 Å². The molecule has 1 aliphatic carbocycles. The predicted octanol–water partition coefficient (Wildman–Crippen LogP) is 2.91. The van der Waals surface area contributed by atoms with Crippen LogP contribution in [0, 0.1) is 12.3 Å². The molecule has 2 aromatic heterocycles. The molecule has 1 atom stereocenters. The van der Waals surface area contributed by atoms with Gasteiger partial charge in [0.2, 0.25) is 0 Å². The molecule has 0 bridgehead atoms. The molecule has 0 unspecified atom stereocenters. The molecule has 1 amide bonds. The molecule has 35 heavy (non-hydrogen) atoms. The van der Waals surface area contributed by atoms with Crippen LogP contribution in [-0.2, 0) is 7.05 Å². The second-order valence-corrected chi connectivity index (χ2v) is 9.78. The zero-order valence-corrected chi connectivity index (χ0v) is 21.1. The first-order valence-corrected chi connectivity index (χ1v) is 11.7. The van der Waals surface area contributed by atoms with Crippen LogP contribution < -0.4 is 26.2 Å². The van der Waals surface area contributed by atoms with Crippen molar-refractivity contribution < 1.29 is 9.53 Å².